The largest absolute Gasteiger partial charge is 0.228 e. The molecule has 100 valence electrons. The Morgan fingerprint density at radius 3 is 2.45 bits per heavy atom. The van der Waals surface area contributed by atoms with E-state index in [2.05, 4.69) is 20.9 Å². The minimum atomic E-state index is 0.476. The fourth-order valence-electron chi connectivity index (χ4n) is 2.24. The fraction of sp³-hybridized carbons (Fsp3) is 0.125. The molecule has 1 heterocycles. The average Bonchev–Trinajstić information content (AvgIpc) is 2.43. The molecule has 0 atom stereocenters. The molecule has 4 heteroatoms. The van der Waals surface area contributed by atoms with E-state index in [1.54, 1.807) is 0 Å². The Hall–Kier alpha value is -1.45. The number of halogens is 2. The van der Waals surface area contributed by atoms with Crippen LogP contribution >= 0.6 is 27.5 Å². The summed E-state index contributed by atoms with van der Waals surface area (Å²) < 4.78 is 0.916. The number of hydrogen-bond donors (Lipinski definition) is 0. The molecule has 0 N–H and O–H groups in total. The van der Waals surface area contributed by atoms with Crippen molar-refractivity contribution in [2.75, 3.05) is 0 Å². The van der Waals surface area contributed by atoms with E-state index in [0.717, 1.165) is 32.1 Å². The van der Waals surface area contributed by atoms with E-state index < -0.39 is 0 Å². The normalized spacial score (nSPS) is 11.0. The maximum atomic E-state index is 6.36. The van der Waals surface area contributed by atoms with Gasteiger partial charge in [-0.25, -0.2) is 9.97 Å². The van der Waals surface area contributed by atoms with Gasteiger partial charge in [0.1, 0.15) is 5.15 Å². The minimum absolute atomic E-state index is 0.476. The Morgan fingerprint density at radius 1 is 0.950 bits per heavy atom. The summed E-state index contributed by atoms with van der Waals surface area (Å²) in [6.07, 6.45) is 0. The molecule has 0 amide bonds. The van der Waals surface area contributed by atoms with Crippen LogP contribution in [0.1, 0.15) is 11.1 Å². The zero-order chi connectivity index (χ0) is 14.3. The molecule has 0 aliphatic heterocycles. The second kappa shape index (κ2) is 5.15. The number of nitrogens with zero attached hydrogens (tertiary/aromatic N) is 2. The van der Waals surface area contributed by atoms with E-state index >= 15 is 0 Å². The molecule has 0 bridgehead atoms. The topological polar surface area (TPSA) is 25.8 Å². The Bertz CT molecular complexity index is 815. The number of fused-ring (bicyclic) bond motifs is 1. The van der Waals surface area contributed by atoms with Gasteiger partial charge >= 0.3 is 0 Å². The van der Waals surface area contributed by atoms with Gasteiger partial charge in [-0.15, -0.1) is 0 Å². The van der Waals surface area contributed by atoms with Gasteiger partial charge in [0.2, 0.25) is 0 Å². The van der Waals surface area contributed by atoms with Crippen LogP contribution in [0.3, 0.4) is 0 Å². The highest BCUT2D eigenvalue weighted by Gasteiger charge is 2.13. The zero-order valence-electron chi connectivity index (χ0n) is 11.1. The van der Waals surface area contributed by atoms with Crippen LogP contribution < -0.4 is 0 Å². The summed E-state index contributed by atoms with van der Waals surface area (Å²) >= 11 is 9.87. The second-order valence-electron chi connectivity index (χ2n) is 4.74. The summed E-state index contributed by atoms with van der Waals surface area (Å²) in [4.78, 5) is 9.16. The molecule has 20 heavy (non-hydrogen) atoms. The molecule has 3 rings (SSSR count). The Balaban J connectivity index is 2.36. The predicted octanol–water partition coefficient (Wildman–Crippen LogP) is 5.33. The highest BCUT2D eigenvalue weighted by Crippen LogP contribution is 2.32. The molecule has 1 aromatic heterocycles. The van der Waals surface area contributed by atoms with Crippen LogP contribution in [0, 0.1) is 13.8 Å². The molecule has 0 unspecified atom stereocenters. The smallest absolute Gasteiger partial charge is 0.161 e. The summed E-state index contributed by atoms with van der Waals surface area (Å²) in [6.45, 7) is 4.07. The van der Waals surface area contributed by atoms with Crippen molar-refractivity contribution in [1.82, 2.24) is 9.97 Å². The summed E-state index contributed by atoms with van der Waals surface area (Å²) in [5.41, 5.74) is 4.12. The van der Waals surface area contributed by atoms with Crippen LogP contribution in [0.15, 0.2) is 40.9 Å². The Morgan fingerprint density at radius 2 is 1.70 bits per heavy atom. The third kappa shape index (κ3) is 2.21. The standard InChI is InChI=1S/C16H12BrClN2/c1-9-5-3-4-6-11(9)16-19-14-10(2)7-8-12(17)13(14)15(18)20-16/h3-8H,1-2H3. The maximum absolute atomic E-state index is 6.36. The third-order valence-corrected chi connectivity index (χ3v) is 4.28. The lowest BCUT2D eigenvalue weighted by atomic mass is 10.1. The highest BCUT2D eigenvalue weighted by atomic mass is 79.9. The summed E-state index contributed by atoms with van der Waals surface area (Å²) in [5, 5.41) is 1.34. The average molecular weight is 348 g/mol. The van der Waals surface area contributed by atoms with Crippen molar-refractivity contribution in [2.45, 2.75) is 13.8 Å². The van der Waals surface area contributed by atoms with Crippen molar-refractivity contribution in [2.24, 2.45) is 0 Å². The van der Waals surface area contributed by atoms with Crippen LogP contribution in [-0.4, -0.2) is 9.97 Å². The van der Waals surface area contributed by atoms with Gasteiger partial charge in [-0.1, -0.05) is 41.9 Å². The fourth-order valence-corrected chi connectivity index (χ4v) is 3.13. The third-order valence-electron chi connectivity index (χ3n) is 3.34. The van der Waals surface area contributed by atoms with Crippen molar-refractivity contribution in [1.29, 1.82) is 0 Å². The number of aromatic nitrogens is 2. The van der Waals surface area contributed by atoms with Crippen LogP contribution in [0.2, 0.25) is 5.15 Å². The van der Waals surface area contributed by atoms with Crippen LogP contribution in [0.5, 0.6) is 0 Å². The van der Waals surface area contributed by atoms with Gasteiger partial charge in [0, 0.05) is 10.0 Å². The predicted molar refractivity (Wildman–Crippen MR) is 87.2 cm³/mol. The number of hydrogen-bond acceptors (Lipinski definition) is 2. The Kier molecular flexibility index (Phi) is 3.48. The first-order chi connectivity index (χ1) is 9.58. The molecule has 0 saturated heterocycles. The first-order valence-corrected chi connectivity index (χ1v) is 7.43. The van der Waals surface area contributed by atoms with E-state index in [0.29, 0.717) is 11.0 Å². The van der Waals surface area contributed by atoms with Gasteiger partial charge < -0.3 is 0 Å². The van der Waals surface area contributed by atoms with Crippen molar-refractivity contribution in [3.05, 3.63) is 57.2 Å². The van der Waals surface area contributed by atoms with Gasteiger partial charge in [-0.05, 0) is 47.0 Å². The van der Waals surface area contributed by atoms with Crippen molar-refractivity contribution < 1.29 is 0 Å². The summed E-state index contributed by atoms with van der Waals surface area (Å²) in [5.74, 6) is 0.668. The van der Waals surface area contributed by atoms with E-state index in [9.17, 15) is 0 Å². The zero-order valence-corrected chi connectivity index (χ0v) is 13.5. The van der Waals surface area contributed by atoms with Crippen molar-refractivity contribution in [3.8, 4) is 11.4 Å². The second-order valence-corrected chi connectivity index (χ2v) is 5.95. The van der Waals surface area contributed by atoms with E-state index in [1.807, 2.05) is 50.2 Å². The number of aryl methyl sites for hydroxylation is 2. The van der Waals surface area contributed by atoms with E-state index in [4.69, 9.17) is 16.6 Å². The van der Waals surface area contributed by atoms with Gasteiger partial charge in [0.25, 0.3) is 0 Å². The lowest BCUT2D eigenvalue weighted by Crippen LogP contribution is -1.95. The quantitative estimate of drug-likeness (QED) is 0.556. The molecule has 2 nitrogen and oxygen atoms in total. The van der Waals surface area contributed by atoms with E-state index in [1.165, 1.54) is 0 Å². The van der Waals surface area contributed by atoms with E-state index in [-0.39, 0.29) is 0 Å². The molecule has 0 radical (unpaired) electrons. The number of rotatable bonds is 1. The molecule has 0 aliphatic carbocycles. The molecular formula is C16H12BrClN2. The van der Waals surface area contributed by atoms with Gasteiger partial charge in [-0.3, -0.25) is 0 Å². The first-order valence-electron chi connectivity index (χ1n) is 6.26. The van der Waals surface area contributed by atoms with Crippen LogP contribution in [0.25, 0.3) is 22.3 Å². The molecular weight excluding hydrogens is 336 g/mol. The van der Waals surface area contributed by atoms with Gasteiger partial charge in [0.05, 0.1) is 10.9 Å². The summed E-state index contributed by atoms with van der Waals surface area (Å²) in [6, 6.07) is 12.0. The molecule has 0 spiro atoms. The molecule has 3 aromatic rings. The molecule has 0 fully saturated rings. The maximum Gasteiger partial charge on any atom is 0.161 e. The molecule has 0 aliphatic rings. The van der Waals surface area contributed by atoms with Crippen molar-refractivity contribution in [3.63, 3.8) is 0 Å². The van der Waals surface area contributed by atoms with Crippen molar-refractivity contribution >= 4 is 38.4 Å². The molecule has 2 aromatic carbocycles. The number of benzene rings is 2. The van der Waals surface area contributed by atoms with Gasteiger partial charge in [-0.2, -0.15) is 0 Å². The summed E-state index contributed by atoms with van der Waals surface area (Å²) in [7, 11) is 0. The lowest BCUT2D eigenvalue weighted by Gasteiger charge is -2.09. The Labute approximate surface area is 131 Å². The van der Waals surface area contributed by atoms with Gasteiger partial charge in [0.15, 0.2) is 5.82 Å². The lowest BCUT2D eigenvalue weighted by molar-refractivity contribution is 1.20. The monoisotopic (exact) mass is 346 g/mol. The molecule has 0 saturated carbocycles. The van der Waals surface area contributed by atoms with Crippen LogP contribution in [-0.2, 0) is 0 Å². The minimum Gasteiger partial charge on any atom is -0.228 e. The van der Waals surface area contributed by atoms with Crippen LogP contribution in [0.4, 0.5) is 0 Å². The SMILES string of the molecule is Cc1ccccc1-c1nc(Cl)c2c(Br)ccc(C)c2n1. The highest BCUT2D eigenvalue weighted by molar-refractivity contribution is 9.10. The first kappa shape index (κ1) is 13.5.